The maximum atomic E-state index is 4.40. The van der Waals surface area contributed by atoms with Crippen LogP contribution >= 0.6 is 0 Å². The summed E-state index contributed by atoms with van der Waals surface area (Å²) in [6.07, 6.45) is 7.54. The molecule has 0 saturated carbocycles. The van der Waals surface area contributed by atoms with Crippen LogP contribution in [0.15, 0.2) is 37.2 Å². The molecule has 0 fully saturated rings. The molecule has 0 aliphatic carbocycles. The van der Waals surface area contributed by atoms with Crippen LogP contribution in [0.25, 0.3) is 16.9 Å². The number of nitrogens with zero attached hydrogens (tertiary/aromatic N) is 5. The Hall–Kier alpha value is -1.91. The van der Waals surface area contributed by atoms with Gasteiger partial charge in [0, 0.05) is 26.4 Å². The second kappa shape index (κ2) is 6.03. The van der Waals surface area contributed by atoms with Gasteiger partial charge in [0.1, 0.15) is 12.7 Å². The number of hydrogen-bond donors (Lipinski definition) is 0. The van der Waals surface area contributed by atoms with Gasteiger partial charge < -0.3 is 9.97 Å². The second-order valence-electron chi connectivity index (χ2n) is 4.29. The minimum absolute atomic E-state index is 0. The fourth-order valence-corrected chi connectivity index (χ4v) is 2.15. The van der Waals surface area contributed by atoms with E-state index in [1.54, 1.807) is 11.0 Å². The van der Waals surface area contributed by atoms with Gasteiger partial charge in [-0.3, -0.25) is 0 Å². The third-order valence-corrected chi connectivity index (χ3v) is 3.01. The van der Waals surface area contributed by atoms with E-state index in [1.807, 2.05) is 6.07 Å². The molecule has 0 aliphatic heterocycles. The van der Waals surface area contributed by atoms with Crippen LogP contribution in [0.4, 0.5) is 0 Å². The molecular formula is C14H12IrN5-. The van der Waals surface area contributed by atoms with Gasteiger partial charge in [0.15, 0.2) is 0 Å². The first kappa shape index (κ1) is 14.5. The van der Waals surface area contributed by atoms with Crippen molar-refractivity contribution in [2.45, 2.75) is 13.8 Å². The first-order valence-electron chi connectivity index (χ1n) is 5.91. The van der Waals surface area contributed by atoms with E-state index >= 15 is 0 Å². The van der Waals surface area contributed by atoms with E-state index in [-0.39, 0.29) is 20.1 Å². The Morgan fingerprint density at radius 2 is 1.85 bits per heavy atom. The normalized spacial score (nSPS) is 10.1. The molecule has 6 heteroatoms. The number of aryl methyl sites for hydroxylation is 2. The number of hydrogen-bond acceptors (Lipinski definition) is 4. The summed E-state index contributed by atoms with van der Waals surface area (Å²) in [7, 11) is 0. The second-order valence-corrected chi connectivity index (χ2v) is 4.29. The van der Waals surface area contributed by atoms with E-state index in [0.29, 0.717) is 5.69 Å². The van der Waals surface area contributed by atoms with Gasteiger partial charge in [-0.1, -0.05) is 35.5 Å². The van der Waals surface area contributed by atoms with Crippen LogP contribution in [0.5, 0.6) is 0 Å². The van der Waals surface area contributed by atoms with Gasteiger partial charge in [-0.05, 0) is 30.8 Å². The minimum Gasteiger partial charge on any atom is -0.374 e. The van der Waals surface area contributed by atoms with Crippen molar-refractivity contribution >= 4 is 0 Å². The zero-order chi connectivity index (χ0) is 13.2. The van der Waals surface area contributed by atoms with Crippen LogP contribution in [0, 0.1) is 20.0 Å². The molecule has 0 atom stereocenters. The van der Waals surface area contributed by atoms with E-state index in [1.165, 1.54) is 12.7 Å². The molecule has 0 unspecified atom stereocenters. The Kier molecular flexibility index (Phi) is 4.37. The number of rotatable bonds is 2. The fourth-order valence-electron chi connectivity index (χ4n) is 2.15. The molecule has 2 aromatic heterocycles. The molecule has 103 valence electrons. The molecule has 0 bridgehead atoms. The Morgan fingerprint density at radius 3 is 2.50 bits per heavy atom. The summed E-state index contributed by atoms with van der Waals surface area (Å²) in [5.74, 6) is 0. The van der Waals surface area contributed by atoms with Crippen molar-refractivity contribution in [2.75, 3.05) is 0 Å². The molecule has 2 heterocycles. The summed E-state index contributed by atoms with van der Waals surface area (Å²) >= 11 is 0. The van der Waals surface area contributed by atoms with Crippen molar-refractivity contribution in [2.24, 2.45) is 0 Å². The smallest absolute Gasteiger partial charge is 0.138 e. The van der Waals surface area contributed by atoms with Crippen LogP contribution in [0.3, 0.4) is 0 Å². The van der Waals surface area contributed by atoms with E-state index in [9.17, 15) is 0 Å². The van der Waals surface area contributed by atoms with Crippen LogP contribution in [0.2, 0.25) is 0 Å². The van der Waals surface area contributed by atoms with Gasteiger partial charge in [0.25, 0.3) is 0 Å². The monoisotopic (exact) mass is 443 g/mol. The zero-order valence-corrected chi connectivity index (χ0v) is 13.4. The molecule has 3 rings (SSSR count). The van der Waals surface area contributed by atoms with Gasteiger partial charge in [0.05, 0.1) is 0 Å². The largest absolute Gasteiger partial charge is 0.374 e. The molecule has 1 radical (unpaired) electrons. The van der Waals surface area contributed by atoms with E-state index < -0.39 is 0 Å². The maximum Gasteiger partial charge on any atom is 0.138 e. The van der Waals surface area contributed by atoms with Crippen molar-refractivity contribution in [3.05, 3.63) is 54.5 Å². The van der Waals surface area contributed by atoms with E-state index in [2.05, 4.69) is 52.2 Å². The van der Waals surface area contributed by atoms with Gasteiger partial charge >= 0.3 is 0 Å². The molecule has 0 spiro atoms. The van der Waals surface area contributed by atoms with E-state index in [0.717, 1.165) is 22.4 Å². The summed E-state index contributed by atoms with van der Waals surface area (Å²) < 4.78 is 1.63. The molecule has 20 heavy (non-hydrogen) atoms. The van der Waals surface area contributed by atoms with Crippen molar-refractivity contribution in [1.82, 2.24) is 24.7 Å². The zero-order valence-electron chi connectivity index (χ0n) is 11.0. The molecule has 0 amide bonds. The maximum absolute atomic E-state index is 4.40. The van der Waals surface area contributed by atoms with Crippen molar-refractivity contribution in [1.29, 1.82) is 0 Å². The third-order valence-electron chi connectivity index (χ3n) is 3.01. The Morgan fingerprint density at radius 1 is 1.10 bits per heavy atom. The summed E-state index contributed by atoms with van der Waals surface area (Å²) in [5, 5.41) is 4.13. The summed E-state index contributed by atoms with van der Waals surface area (Å²) in [6.45, 7) is 4.13. The number of aromatic nitrogens is 5. The van der Waals surface area contributed by atoms with Crippen molar-refractivity contribution < 1.29 is 20.1 Å². The molecule has 0 aliphatic rings. The molecule has 3 aromatic rings. The van der Waals surface area contributed by atoms with Crippen molar-refractivity contribution in [3.63, 3.8) is 0 Å². The summed E-state index contributed by atoms with van der Waals surface area (Å²) in [6, 6.07) is 6.17. The van der Waals surface area contributed by atoms with Crippen LogP contribution < -0.4 is 0 Å². The molecule has 0 saturated heterocycles. The van der Waals surface area contributed by atoms with E-state index in [4.69, 9.17) is 0 Å². The molecule has 0 N–H and O–H groups in total. The fraction of sp³-hybridized carbons (Fsp3) is 0.143. The first-order chi connectivity index (χ1) is 9.27. The topological polar surface area (TPSA) is 56.5 Å². The number of benzene rings is 1. The Labute approximate surface area is 130 Å². The molecular weight excluding hydrogens is 430 g/mol. The predicted molar refractivity (Wildman–Crippen MR) is 70.7 cm³/mol. The van der Waals surface area contributed by atoms with Gasteiger partial charge in [-0.2, -0.15) is 5.10 Å². The first-order valence-corrected chi connectivity index (χ1v) is 5.91. The average molecular weight is 443 g/mol. The van der Waals surface area contributed by atoms with Crippen LogP contribution in [-0.2, 0) is 20.1 Å². The van der Waals surface area contributed by atoms with Gasteiger partial charge in [0.2, 0.25) is 0 Å². The summed E-state index contributed by atoms with van der Waals surface area (Å²) in [5.41, 5.74) is 4.93. The van der Waals surface area contributed by atoms with Crippen LogP contribution in [-0.4, -0.2) is 24.7 Å². The molecule has 1 aromatic carbocycles. The average Bonchev–Trinajstić information content (AvgIpc) is 2.93. The van der Waals surface area contributed by atoms with Crippen LogP contribution in [0.1, 0.15) is 11.1 Å². The minimum atomic E-state index is 0. The standard InChI is InChI=1S/C14H12N5.Ir/c1-10-4-3-5-11(2)13(10)14-12(6-15-7-17-14)19-9-16-8-18-19;/h3-5,7-9H,1-2H3;/q-1;. The summed E-state index contributed by atoms with van der Waals surface area (Å²) in [4.78, 5) is 12.3. The van der Waals surface area contributed by atoms with Gasteiger partial charge in [-0.25, -0.2) is 9.67 Å². The Bertz CT molecular complexity index is 689. The van der Waals surface area contributed by atoms with Crippen molar-refractivity contribution in [3.8, 4) is 16.9 Å². The third kappa shape index (κ3) is 2.53. The van der Waals surface area contributed by atoms with Gasteiger partial charge in [-0.15, -0.1) is 0 Å². The quantitative estimate of drug-likeness (QED) is 0.571. The SMILES string of the molecule is Cc1cccc(C)c1-c1ncn[c-]c1-n1cncn1.[Ir]. The molecule has 5 nitrogen and oxygen atoms in total. The Balaban J connectivity index is 0.00000147. The predicted octanol–water partition coefficient (Wildman–Crippen LogP) is 2.14.